The maximum Gasteiger partial charge on any atom is 0.303 e. The molecule has 0 saturated carbocycles. The van der Waals surface area contributed by atoms with E-state index in [0.717, 1.165) is 13.1 Å². The Morgan fingerprint density at radius 1 is 0.333 bits per heavy atom. The summed E-state index contributed by atoms with van der Waals surface area (Å²) in [4.78, 5) is 25.7. The number of hydrogen-bond donors (Lipinski definition) is 2. The number of carboxylic acids is 2. The first-order valence-electron chi connectivity index (χ1n) is 32.0. The molecule has 1 rings (SSSR count). The van der Waals surface area contributed by atoms with Gasteiger partial charge in [0.2, 0.25) is 0 Å². The molecular formula is C66H126N2O4. The van der Waals surface area contributed by atoms with Crippen LogP contribution >= 0.6 is 0 Å². The van der Waals surface area contributed by atoms with Crippen molar-refractivity contribution in [3.63, 3.8) is 0 Å². The highest BCUT2D eigenvalue weighted by Gasteiger charge is 2.24. The van der Waals surface area contributed by atoms with Gasteiger partial charge in [-0.25, -0.2) is 0 Å². The Bertz CT molecular complexity index is 1150. The molecule has 6 nitrogen and oxygen atoms in total. The molecule has 2 N–H and O–H groups in total. The van der Waals surface area contributed by atoms with E-state index in [1.807, 2.05) is 0 Å². The average Bonchev–Trinajstić information content (AvgIpc) is 3.36. The van der Waals surface area contributed by atoms with Crippen molar-refractivity contribution in [3.05, 3.63) is 35.4 Å². The Kier molecular flexibility index (Phi) is 51.1. The third-order valence-electron chi connectivity index (χ3n) is 16.0. The molecule has 0 spiro atoms. The van der Waals surface area contributed by atoms with Crippen LogP contribution < -0.4 is 0 Å². The summed E-state index contributed by atoms with van der Waals surface area (Å²) < 4.78 is 0. The zero-order chi connectivity index (χ0) is 53.1. The van der Waals surface area contributed by atoms with Crippen LogP contribution in [-0.4, -0.2) is 56.1 Å². The predicted molar refractivity (Wildman–Crippen MR) is 316 cm³/mol. The first-order chi connectivity index (χ1) is 35.0. The number of benzene rings is 1. The van der Waals surface area contributed by atoms with Crippen LogP contribution in [0.25, 0.3) is 0 Å². The Hall–Kier alpha value is -1.92. The van der Waals surface area contributed by atoms with E-state index in [4.69, 9.17) is 10.2 Å². The van der Waals surface area contributed by atoms with Crippen molar-refractivity contribution in [2.45, 2.75) is 375 Å². The molecule has 4 atom stereocenters. The van der Waals surface area contributed by atoms with Gasteiger partial charge >= 0.3 is 11.9 Å². The third kappa shape index (κ3) is 43.3. The van der Waals surface area contributed by atoms with Crippen LogP contribution in [0, 0.1) is 0 Å². The highest BCUT2D eigenvalue weighted by molar-refractivity contribution is 5.67. The number of hydrogen-bond acceptors (Lipinski definition) is 4. The maximum atomic E-state index is 9.90. The van der Waals surface area contributed by atoms with Crippen molar-refractivity contribution < 1.29 is 19.8 Å². The summed E-state index contributed by atoms with van der Waals surface area (Å²) in [6, 6.07) is 12.2. The number of unbranched alkanes of at least 4 members (excludes halogenated alkanes) is 33. The molecule has 0 radical (unpaired) electrons. The molecule has 424 valence electrons. The average molecular weight is 1010 g/mol. The van der Waals surface area contributed by atoms with E-state index in [-0.39, 0.29) is 12.8 Å². The van der Waals surface area contributed by atoms with E-state index < -0.39 is 11.9 Å². The normalized spacial score (nSPS) is 13.3. The molecule has 4 unspecified atom stereocenters. The Morgan fingerprint density at radius 3 is 0.722 bits per heavy atom. The zero-order valence-corrected chi connectivity index (χ0v) is 49.8. The van der Waals surface area contributed by atoms with Crippen LogP contribution in [0.5, 0.6) is 0 Å². The van der Waals surface area contributed by atoms with Crippen LogP contribution in [-0.2, 0) is 22.7 Å². The van der Waals surface area contributed by atoms with Gasteiger partial charge in [-0.2, -0.15) is 0 Å². The molecule has 1 aromatic rings. The van der Waals surface area contributed by atoms with E-state index in [0.29, 0.717) is 37.0 Å². The van der Waals surface area contributed by atoms with E-state index in [1.165, 1.54) is 257 Å². The van der Waals surface area contributed by atoms with Crippen molar-refractivity contribution in [3.8, 4) is 0 Å². The fourth-order valence-electron chi connectivity index (χ4n) is 11.0. The van der Waals surface area contributed by atoms with E-state index in [1.54, 1.807) is 11.1 Å². The minimum atomic E-state index is -0.870. The smallest absolute Gasteiger partial charge is 0.303 e. The SMILES string of the molecule is CCCCCCCCCCCC(C)N(Cc1ccccc1CN(C(C)CCCCCCCCCCC)C(C)CCCCCCCCCCC)C(C)CCCCCCCCCCC.O=C(O)CCCCC(=O)O. The summed E-state index contributed by atoms with van der Waals surface area (Å²) >= 11 is 0. The van der Waals surface area contributed by atoms with Crippen LogP contribution in [0.2, 0.25) is 0 Å². The van der Waals surface area contributed by atoms with Crippen molar-refractivity contribution in [2.75, 3.05) is 0 Å². The largest absolute Gasteiger partial charge is 0.481 e. The Morgan fingerprint density at radius 2 is 0.528 bits per heavy atom. The van der Waals surface area contributed by atoms with Gasteiger partial charge in [-0.05, 0) is 77.3 Å². The minimum absolute atomic E-state index is 0.0628. The highest BCUT2D eigenvalue weighted by atomic mass is 16.4. The van der Waals surface area contributed by atoms with Crippen molar-refractivity contribution >= 4 is 11.9 Å². The fourth-order valence-corrected chi connectivity index (χ4v) is 11.0. The first-order valence-corrected chi connectivity index (χ1v) is 32.0. The molecule has 0 bridgehead atoms. The fraction of sp³-hybridized carbons (Fsp3) is 0.879. The highest BCUT2D eigenvalue weighted by Crippen LogP contribution is 2.27. The van der Waals surface area contributed by atoms with Gasteiger partial charge < -0.3 is 10.2 Å². The summed E-state index contributed by atoms with van der Waals surface area (Å²) in [5.74, 6) is -1.74. The van der Waals surface area contributed by atoms with Gasteiger partial charge in [0.05, 0.1) is 0 Å². The number of rotatable bonds is 53. The molecule has 0 aromatic heterocycles. The van der Waals surface area contributed by atoms with E-state index >= 15 is 0 Å². The zero-order valence-electron chi connectivity index (χ0n) is 49.8. The van der Waals surface area contributed by atoms with Crippen LogP contribution in [0.1, 0.15) is 349 Å². The molecule has 0 saturated heterocycles. The van der Waals surface area contributed by atoms with Crippen LogP contribution in [0.4, 0.5) is 0 Å². The second kappa shape index (κ2) is 52.5. The van der Waals surface area contributed by atoms with Crippen molar-refractivity contribution in [2.24, 2.45) is 0 Å². The summed E-state index contributed by atoms with van der Waals surface area (Å²) in [6.45, 7) is 21.8. The lowest BCUT2D eigenvalue weighted by atomic mass is 9.97. The molecular weight excluding hydrogens is 885 g/mol. The van der Waals surface area contributed by atoms with Crippen LogP contribution in [0.3, 0.4) is 0 Å². The van der Waals surface area contributed by atoms with Gasteiger partial charge in [-0.15, -0.1) is 0 Å². The summed E-state index contributed by atoms with van der Waals surface area (Å²) in [5.41, 5.74) is 3.20. The molecule has 0 amide bonds. The summed E-state index contributed by atoms with van der Waals surface area (Å²) in [5, 5.41) is 16.3. The molecule has 0 aliphatic heterocycles. The minimum Gasteiger partial charge on any atom is -0.481 e. The monoisotopic (exact) mass is 1010 g/mol. The molecule has 0 fully saturated rings. The van der Waals surface area contributed by atoms with Gasteiger partial charge in [-0.3, -0.25) is 19.4 Å². The molecule has 1 aromatic carbocycles. The third-order valence-corrected chi connectivity index (χ3v) is 16.0. The Labute approximate surface area is 450 Å². The van der Waals surface area contributed by atoms with Gasteiger partial charge in [0.25, 0.3) is 0 Å². The number of aliphatic carboxylic acids is 2. The predicted octanol–water partition coefficient (Wildman–Crippen LogP) is 21.2. The number of carboxylic acid groups (broad SMARTS) is 2. The standard InChI is InChI=1S/C60H116N2.C6H10O4/c1-9-13-17-21-25-29-33-37-41-47-55(5)61(56(6)48-42-38-34-30-26-22-18-14-10-2)53-59-51-45-46-52-60(59)54-62(57(7)49-43-39-35-31-27-23-19-15-11-3)58(8)50-44-40-36-32-28-24-20-16-12-4;7-5(8)3-1-2-4-6(9)10/h45-46,51-52,55-58H,9-44,47-50,53-54H2,1-8H3;1-4H2,(H,7,8)(H,9,10). The van der Waals surface area contributed by atoms with Gasteiger partial charge in [-0.1, -0.05) is 283 Å². The quantitative estimate of drug-likeness (QED) is 0.0633. The molecule has 72 heavy (non-hydrogen) atoms. The van der Waals surface area contributed by atoms with E-state index in [9.17, 15) is 9.59 Å². The Balaban J connectivity index is 0.00000451. The summed E-state index contributed by atoms with van der Waals surface area (Å²) in [6.07, 6.45) is 57.5. The lowest BCUT2D eigenvalue weighted by Gasteiger charge is -2.38. The van der Waals surface area contributed by atoms with Crippen LogP contribution in [0.15, 0.2) is 24.3 Å². The molecule has 0 aliphatic carbocycles. The maximum absolute atomic E-state index is 9.90. The number of nitrogens with zero attached hydrogens (tertiary/aromatic N) is 2. The topological polar surface area (TPSA) is 81.1 Å². The lowest BCUT2D eigenvalue weighted by molar-refractivity contribution is -0.139. The van der Waals surface area contributed by atoms with Gasteiger partial charge in [0.1, 0.15) is 0 Å². The number of carbonyl (C=O) groups is 2. The lowest BCUT2D eigenvalue weighted by Crippen LogP contribution is -2.41. The summed E-state index contributed by atoms with van der Waals surface area (Å²) in [7, 11) is 0. The first kappa shape index (κ1) is 70.1. The molecule has 0 heterocycles. The molecule has 6 heteroatoms. The van der Waals surface area contributed by atoms with Gasteiger partial charge in [0.15, 0.2) is 0 Å². The van der Waals surface area contributed by atoms with Crippen molar-refractivity contribution in [1.29, 1.82) is 0 Å². The van der Waals surface area contributed by atoms with Crippen molar-refractivity contribution in [1.82, 2.24) is 9.80 Å². The second-order valence-electron chi connectivity index (χ2n) is 23.0. The molecule has 0 aliphatic rings. The second-order valence-corrected chi connectivity index (χ2v) is 23.0. The van der Waals surface area contributed by atoms with E-state index in [2.05, 4.69) is 89.5 Å². The van der Waals surface area contributed by atoms with Gasteiger partial charge in [0, 0.05) is 50.1 Å².